The molecule has 0 heterocycles. The topological polar surface area (TPSA) is 225 Å². The number of rotatable bonds is 8. The van der Waals surface area contributed by atoms with Gasteiger partial charge in [-0.2, -0.15) is 0 Å². The van der Waals surface area contributed by atoms with Crippen LogP contribution < -0.4 is 9.59 Å². The smallest absolute Gasteiger partial charge is 0.193 e. The van der Waals surface area contributed by atoms with Crippen LogP contribution in [0.15, 0.2) is 0 Å². The lowest BCUT2D eigenvalue weighted by atomic mass is 10.2. The van der Waals surface area contributed by atoms with E-state index in [9.17, 15) is 40.9 Å². The van der Waals surface area contributed by atoms with Gasteiger partial charge in [-0.3, -0.25) is 0 Å². The Bertz CT molecular complexity index is 357. The normalized spacial score (nSPS) is 23.2. The van der Waals surface area contributed by atoms with E-state index in [1.165, 1.54) is 55.4 Å². The molecule has 184 valence electrons. The molecule has 0 fully saturated rings. The molecule has 0 amide bonds. The Labute approximate surface area is 179 Å². The molecule has 0 aliphatic carbocycles. The summed E-state index contributed by atoms with van der Waals surface area (Å²) in [5, 5.41) is 75.7. The highest BCUT2D eigenvalue weighted by atomic mass is 28.3. The molecule has 8 unspecified atom stereocenters. The molecular weight excluding hydrogens is 424 g/mol. The highest BCUT2D eigenvalue weighted by Crippen LogP contribution is 2.25. The Kier molecular flexibility index (Phi) is 16.1. The zero-order chi connectivity index (χ0) is 25.2. The Morgan fingerprint density at radius 2 is 0.533 bits per heavy atom. The average molecular weight is 465 g/mol. The Morgan fingerprint density at radius 3 is 0.533 bits per heavy atom. The molecule has 0 saturated carbocycles. The second kappa shape index (κ2) is 14.3. The van der Waals surface area contributed by atoms with E-state index in [1.54, 1.807) is 0 Å². The molecule has 0 spiro atoms. The van der Waals surface area contributed by atoms with Crippen LogP contribution in [0.4, 0.5) is 0 Å². The molecule has 14 heteroatoms. The van der Waals surface area contributed by atoms with Gasteiger partial charge in [0.15, 0.2) is 49.8 Å². The van der Waals surface area contributed by atoms with Gasteiger partial charge >= 0.3 is 0 Å². The van der Waals surface area contributed by atoms with Gasteiger partial charge in [0, 0.05) is 64.6 Å². The van der Waals surface area contributed by atoms with Crippen molar-refractivity contribution in [2.24, 2.45) is 0 Å². The van der Waals surface area contributed by atoms with Gasteiger partial charge in [-0.25, -0.2) is 8.97 Å². The molecule has 0 aromatic carbocycles. The van der Waals surface area contributed by atoms with Gasteiger partial charge in [-0.05, 0) is 0 Å². The molecule has 30 heavy (non-hydrogen) atoms. The van der Waals surface area contributed by atoms with E-state index in [0.717, 1.165) is 0 Å². The van der Waals surface area contributed by atoms with Crippen LogP contribution in [0.2, 0.25) is 0 Å². The van der Waals surface area contributed by atoms with Gasteiger partial charge in [-0.1, -0.05) is 0 Å². The summed E-state index contributed by atoms with van der Waals surface area (Å²) in [5.74, 6) is 0. The third kappa shape index (κ3) is 8.39. The molecule has 0 aliphatic heterocycles. The third-order valence-electron chi connectivity index (χ3n) is 5.18. The highest BCUT2D eigenvalue weighted by molar-refractivity contribution is 6.17. The summed E-state index contributed by atoms with van der Waals surface area (Å²) in [5.41, 5.74) is 0. The maximum atomic E-state index is 9.47. The van der Waals surface area contributed by atoms with E-state index in [1.807, 2.05) is 0 Å². The predicted molar refractivity (Wildman–Crippen MR) is 100 cm³/mol. The van der Waals surface area contributed by atoms with Crippen LogP contribution in [0, 0.1) is 0 Å². The Morgan fingerprint density at radius 1 is 0.467 bits per heavy atom. The van der Waals surface area contributed by atoms with Crippen LogP contribution in [0.1, 0.15) is 55.4 Å². The molecule has 0 aromatic heterocycles. The number of hydrogen-bond donors (Lipinski definition) is 8. The molecule has 0 rings (SSSR count). The molecule has 8 N–H and O–H groups in total. The monoisotopic (exact) mass is 464 g/mol. The lowest BCUT2D eigenvalue weighted by molar-refractivity contribution is -1.07. The molecule has 0 aliphatic rings. The Balaban J connectivity index is -0.000000412. The maximum absolute atomic E-state index is 9.47. The van der Waals surface area contributed by atoms with E-state index < -0.39 is 68.0 Å². The quantitative estimate of drug-likeness (QED) is 0.0969. The third-order valence-corrected chi connectivity index (χ3v) is 5.18. The lowest BCUT2D eigenvalue weighted by Crippen LogP contribution is -2.68. The van der Waals surface area contributed by atoms with E-state index in [0.29, 0.717) is 0 Å². The molecule has 8 atom stereocenters. The SMILES string of the molecule is CC(O)[N+](C(C)O)(C(C)O)C(C)O.CC(O)[N+](C(C)O)(C(C)O)C(C)O.O=[Si]([O-])[O-]. The van der Waals surface area contributed by atoms with Gasteiger partial charge in [0.1, 0.15) is 0 Å². The second-order valence-electron chi connectivity index (χ2n) is 7.09. The fourth-order valence-corrected chi connectivity index (χ4v) is 3.75. The van der Waals surface area contributed by atoms with Crippen molar-refractivity contribution in [1.29, 1.82) is 0 Å². The van der Waals surface area contributed by atoms with Crippen molar-refractivity contribution in [3.05, 3.63) is 0 Å². The van der Waals surface area contributed by atoms with Crippen LogP contribution >= 0.6 is 0 Å². The lowest BCUT2D eigenvalue weighted by Gasteiger charge is -2.46. The zero-order valence-electron chi connectivity index (χ0n) is 18.8. The number of hydrogen-bond acceptors (Lipinski definition) is 11. The van der Waals surface area contributed by atoms with E-state index in [-0.39, 0.29) is 0 Å². The van der Waals surface area contributed by atoms with Crippen molar-refractivity contribution in [3.63, 3.8) is 0 Å². The summed E-state index contributed by atoms with van der Waals surface area (Å²) >= 11 is 0. The van der Waals surface area contributed by atoms with Crippen molar-refractivity contribution in [2.75, 3.05) is 0 Å². The first-order valence-electron chi connectivity index (χ1n) is 9.36. The largest absolute Gasteiger partial charge is 0.672 e. The van der Waals surface area contributed by atoms with Crippen LogP contribution in [0.25, 0.3) is 0 Å². The molecule has 0 radical (unpaired) electrons. The van der Waals surface area contributed by atoms with Crippen LogP contribution in [-0.4, -0.2) is 109 Å². The number of aliphatic hydroxyl groups excluding tert-OH is 8. The van der Waals surface area contributed by atoms with Gasteiger partial charge < -0.3 is 54.9 Å². The number of quaternary nitrogens is 2. The first-order chi connectivity index (χ1) is 13.3. The van der Waals surface area contributed by atoms with Crippen molar-refractivity contribution in [1.82, 2.24) is 0 Å². The van der Waals surface area contributed by atoms with E-state index in [4.69, 9.17) is 14.1 Å². The van der Waals surface area contributed by atoms with Crippen LogP contribution in [0.5, 0.6) is 0 Å². The molecular formula is C16H40N2O11Si. The zero-order valence-corrected chi connectivity index (χ0v) is 19.8. The highest BCUT2D eigenvalue weighted by Gasteiger charge is 2.47. The van der Waals surface area contributed by atoms with E-state index in [2.05, 4.69) is 0 Å². The average Bonchev–Trinajstić information content (AvgIpc) is 2.44. The fourth-order valence-electron chi connectivity index (χ4n) is 3.75. The van der Waals surface area contributed by atoms with Crippen molar-refractivity contribution in [3.8, 4) is 0 Å². The summed E-state index contributed by atoms with van der Waals surface area (Å²) < 4.78 is 7.41. The minimum atomic E-state index is -3.63. The van der Waals surface area contributed by atoms with Gasteiger partial charge in [0.25, 0.3) is 0 Å². The van der Waals surface area contributed by atoms with Crippen LogP contribution in [0.3, 0.4) is 0 Å². The minimum Gasteiger partial charge on any atom is -0.672 e. The summed E-state index contributed by atoms with van der Waals surface area (Å²) in [6.45, 7) is 11.4. The first-order valence-corrected chi connectivity index (χ1v) is 10.6. The number of nitrogens with zero attached hydrogens (tertiary/aromatic N) is 2. The maximum Gasteiger partial charge on any atom is 0.193 e. The van der Waals surface area contributed by atoms with Gasteiger partial charge in [0.2, 0.25) is 0 Å². The summed E-state index contributed by atoms with van der Waals surface area (Å²) in [4.78, 5) is 17.0. The minimum absolute atomic E-state index is 0.556. The fraction of sp³-hybridized carbons (Fsp3) is 1.00. The number of aliphatic hydroxyl groups is 8. The standard InChI is InChI=1S/2C8H20NO4.O3Si/c2*1-5(10)9(6(2)11,7(3)12)8(4)13;1-4(2)3/h2*5-8,10-13H,1-4H3;/q2*+1;-2. The van der Waals surface area contributed by atoms with Crippen molar-refractivity contribution >= 4 is 9.17 Å². The second-order valence-corrected chi connectivity index (χ2v) is 7.59. The molecule has 13 nitrogen and oxygen atoms in total. The summed E-state index contributed by atoms with van der Waals surface area (Å²) in [6.07, 6.45) is -8.33. The molecule has 0 bridgehead atoms. The first kappa shape index (κ1) is 33.8. The Hall–Kier alpha value is -0.783. The molecule has 0 saturated heterocycles. The molecule has 0 aromatic rings. The summed E-state index contributed by atoms with van der Waals surface area (Å²) in [7, 11) is -3.63. The summed E-state index contributed by atoms with van der Waals surface area (Å²) in [6, 6.07) is 0. The van der Waals surface area contributed by atoms with Crippen molar-refractivity contribution < 1.29 is 63.9 Å². The predicted octanol–water partition coefficient (Wildman–Crippen LogP) is -4.56. The van der Waals surface area contributed by atoms with Gasteiger partial charge in [-0.15, -0.1) is 0 Å². The van der Waals surface area contributed by atoms with E-state index >= 15 is 0 Å². The van der Waals surface area contributed by atoms with Crippen LogP contribution in [-0.2, 0) is 4.46 Å². The van der Waals surface area contributed by atoms with Gasteiger partial charge in [0.05, 0.1) is 0 Å². The van der Waals surface area contributed by atoms with Crippen molar-refractivity contribution in [2.45, 2.75) is 105 Å².